The van der Waals surface area contributed by atoms with Crippen LogP contribution in [0, 0.1) is 17.6 Å². The highest BCUT2D eigenvalue weighted by molar-refractivity contribution is 5.77. The number of methoxy groups -OCH3 is 1. The lowest BCUT2D eigenvalue weighted by atomic mass is 9.75. The van der Waals surface area contributed by atoms with Crippen LogP contribution in [-0.2, 0) is 9.53 Å². The molecule has 1 aromatic rings. The van der Waals surface area contributed by atoms with E-state index in [-0.39, 0.29) is 23.9 Å². The fourth-order valence-electron chi connectivity index (χ4n) is 5.12. The summed E-state index contributed by atoms with van der Waals surface area (Å²) in [4.78, 5) is 17.0. The van der Waals surface area contributed by atoms with Crippen molar-refractivity contribution >= 4 is 5.91 Å². The third-order valence-electron chi connectivity index (χ3n) is 6.22. The van der Waals surface area contributed by atoms with Crippen LogP contribution in [0.25, 0.3) is 0 Å². The van der Waals surface area contributed by atoms with Gasteiger partial charge in [-0.05, 0) is 43.5 Å². The van der Waals surface area contributed by atoms with E-state index in [0.717, 1.165) is 32.0 Å². The molecule has 4 fully saturated rings. The molecule has 3 atom stereocenters. The molecule has 4 heterocycles. The Morgan fingerprint density at radius 2 is 2.00 bits per heavy atom. The number of hydrogen-bond acceptors (Lipinski definition) is 3. The topological polar surface area (TPSA) is 32.8 Å². The minimum Gasteiger partial charge on any atom is -0.384 e. The van der Waals surface area contributed by atoms with Gasteiger partial charge >= 0.3 is 0 Å². The van der Waals surface area contributed by atoms with Gasteiger partial charge in [0.25, 0.3) is 0 Å². The highest BCUT2D eigenvalue weighted by Gasteiger charge is 2.54. The van der Waals surface area contributed by atoms with E-state index in [4.69, 9.17) is 4.74 Å². The summed E-state index contributed by atoms with van der Waals surface area (Å²) in [6, 6.07) is 4.59. The number of rotatable bonds is 4. The van der Waals surface area contributed by atoms with Crippen LogP contribution >= 0.6 is 0 Å². The molecule has 5 rings (SSSR count). The molecule has 2 bridgehead atoms. The first-order chi connectivity index (χ1) is 12.1. The maximum absolute atomic E-state index is 14.5. The Morgan fingerprint density at radius 3 is 2.72 bits per heavy atom. The molecule has 4 nitrogen and oxygen atoms in total. The second-order valence-corrected chi connectivity index (χ2v) is 7.39. The van der Waals surface area contributed by atoms with Crippen LogP contribution in [0.15, 0.2) is 18.2 Å². The predicted molar refractivity (Wildman–Crippen MR) is 89.2 cm³/mol. The van der Waals surface area contributed by atoms with E-state index in [2.05, 4.69) is 4.90 Å². The fourth-order valence-corrected chi connectivity index (χ4v) is 5.12. The van der Waals surface area contributed by atoms with Crippen LogP contribution in [0.2, 0.25) is 0 Å². The third-order valence-corrected chi connectivity index (χ3v) is 6.22. The molecule has 0 N–H and O–H groups in total. The molecule has 0 aromatic heterocycles. The van der Waals surface area contributed by atoms with E-state index in [9.17, 15) is 13.6 Å². The smallest absolute Gasteiger partial charge is 0.225 e. The summed E-state index contributed by atoms with van der Waals surface area (Å²) in [6.07, 6.45) is 2.49. The van der Waals surface area contributed by atoms with E-state index in [1.807, 2.05) is 4.90 Å². The first-order valence-electron chi connectivity index (χ1n) is 9.08. The van der Waals surface area contributed by atoms with Crippen molar-refractivity contribution in [2.75, 3.05) is 33.4 Å². The number of hydrogen-bond donors (Lipinski definition) is 0. The maximum Gasteiger partial charge on any atom is 0.225 e. The second kappa shape index (κ2) is 6.65. The summed E-state index contributed by atoms with van der Waals surface area (Å²) >= 11 is 0. The van der Waals surface area contributed by atoms with Crippen molar-refractivity contribution in [3.05, 3.63) is 35.4 Å². The van der Waals surface area contributed by atoms with Gasteiger partial charge in [-0.2, -0.15) is 0 Å². The van der Waals surface area contributed by atoms with Gasteiger partial charge in [-0.25, -0.2) is 8.78 Å². The van der Waals surface area contributed by atoms with Crippen molar-refractivity contribution in [1.82, 2.24) is 9.80 Å². The summed E-state index contributed by atoms with van der Waals surface area (Å²) in [5.74, 6) is -1.22. The average Bonchev–Trinajstić information content (AvgIpc) is 3.06. The summed E-state index contributed by atoms with van der Waals surface area (Å²) in [6.45, 7) is 2.82. The zero-order valence-electron chi connectivity index (χ0n) is 14.5. The van der Waals surface area contributed by atoms with Crippen molar-refractivity contribution in [2.24, 2.45) is 5.92 Å². The van der Waals surface area contributed by atoms with E-state index in [1.165, 1.54) is 0 Å². The monoisotopic (exact) mass is 350 g/mol. The van der Waals surface area contributed by atoms with E-state index < -0.39 is 11.6 Å². The van der Waals surface area contributed by atoms with Gasteiger partial charge in [0.2, 0.25) is 5.91 Å². The number of likely N-dealkylation sites (tertiary alicyclic amines) is 1. The third kappa shape index (κ3) is 2.75. The van der Waals surface area contributed by atoms with E-state index in [1.54, 1.807) is 19.2 Å². The normalized spacial score (nSPS) is 33.6. The minimum atomic E-state index is -0.811. The second-order valence-electron chi connectivity index (χ2n) is 7.39. The molecule has 4 saturated heterocycles. The lowest BCUT2D eigenvalue weighted by Crippen LogP contribution is -2.60. The Labute approximate surface area is 146 Å². The molecule has 0 spiro atoms. The highest BCUT2D eigenvalue weighted by atomic mass is 19.2. The molecule has 0 saturated carbocycles. The first kappa shape index (κ1) is 16.9. The maximum atomic E-state index is 14.5. The molecule has 1 amide bonds. The van der Waals surface area contributed by atoms with Crippen LogP contribution in [0.1, 0.15) is 30.7 Å². The molecule has 136 valence electrons. The van der Waals surface area contributed by atoms with Gasteiger partial charge in [0.05, 0.1) is 19.1 Å². The number of carbonyl (C=O) groups excluding carboxylic acids is 1. The number of fused-ring (bicyclic) bond motifs is 2. The van der Waals surface area contributed by atoms with Crippen molar-refractivity contribution in [2.45, 2.75) is 37.3 Å². The molecule has 0 radical (unpaired) electrons. The molecular formula is C19H24F2N2O2. The standard InChI is InChI=1S/C19H24F2N2O2/c1-25-10-7-16(24)23-11-14(13-3-2-4-15(20)17(13)21)19-18(23)12-5-8-22(19)9-6-12/h2-4,12,14,18-19H,5-11H2,1H3/t14-,18-,19-/m1/s1. The SMILES string of the molecule is COCCC(=O)N1C[C@H](c2cccc(F)c2F)[C@@H]2[C@H]1C1CCN2CC1. The Hall–Kier alpha value is -1.53. The molecule has 6 heteroatoms. The van der Waals surface area contributed by atoms with Gasteiger partial charge in [0, 0.05) is 25.6 Å². The minimum absolute atomic E-state index is 0.0601. The zero-order chi connectivity index (χ0) is 17.6. The number of amides is 1. The van der Waals surface area contributed by atoms with Gasteiger partial charge in [-0.3, -0.25) is 9.69 Å². The molecule has 0 aliphatic carbocycles. The number of halogens is 2. The van der Waals surface area contributed by atoms with Crippen molar-refractivity contribution in [3.8, 4) is 0 Å². The van der Waals surface area contributed by atoms with Crippen LogP contribution in [0.3, 0.4) is 0 Å². The highest BCUT2D eigenvalue weighted by Crippen LogP contribution is 2.47. The molecule has 4 aliphatic rings. The number of carbonyl (C=O) groups is 1. The summed E-state index contributed by atoms with van der Waals surface area (Å²) < 4.78 is 33.3. The van der Waals surface area contributed by atoms with E-state index in [0.29, 0.717) is 31.1 Å². The van der Waals surface area contributed by atoms with Crippen molar-refractivity contribution in [1.29, 1.82) is 0 Å². The number of benzene rings is 1. The Kier molecular flexibility index (Phi) is 4.50. The van der Waals surface area contributed by atoms with Crippen LogP contribution < -0.4 is 0 Å². The van der Waals surface area contributed by atoms with E-state index >= 15 is 0 Å². The molecule has 1 aromatic carbocycles. The van der Waals surface area contributed by atoms with Crippen LogP contribution in [0.4, 0.5) is 8.78 Å². The average molecular weight is 350 g/mol. The van der Waals surface area contributed by atoms with Crippen LogP contribution in [0.5, 0.6) is 0 Å². The van der Waals surface area contributed by atoms with Gasteiger partial charge in [-0.1, -0.05) is 12.1 Å². The van der Waals surface area contributed by atoms with Gasteiger partial charge in [0.1, 0.15) is 0 Å². The van der Waals surface area contributed by atoms with Gasteiger partial charge < -0.3 is 9.64 Å². The molecule has 0 unspecified atom stereocenters. The number of nitrogens with zero attached hydrogens (tertiary/aromatic N) is 2. The van der Waals surface area contributed by atoms with Crippen LogP contribution in [-0.4, -0.2) is 61.1 Å². The Bertz CT molecular complexity index is 661. The Balaban J connectivity index is 1.68. The zero-order valence-corrected chi connectivity index (χ0v) is 14.5. The molecule has 4 aliphatic heterocycles. The van der Waals surface area contributed by atoms with Crippen molar-refractivity contribution < 1.29 is 18.3 Å². The lowest BCUT2D eigenvalue weighted by molar-refractivity contribution is -0.136. The van der Waals surface area contributed by atoms with Crippen molar-refractivity contribution in [3.63, 3.8) is 0 Å². The summed E-state index contributed by atoms with van der Waals surface area (Å²) in [5, 5.41) is 0. The van der Waals surface area contributed by atoms with Gasteiger partial charge in [0.15, 0.2) is 11.6 Å². The summed E-state index contributed by atoms with van der Waals surface area (Å²) in [5.41, 5.74) is 0.407. The Morgan fingerprint density at radius 1 is 1.24 bits per heavy atom. The first-order valence-corrected chi connectivity index (χ1v) is 9.08. The fraction of sp³-hybridized carbons (Fsp3) is 0.632. The predicted octanol–water partition coefficient (Wildman–Crippen LogP) is 2.39. The number of ether oxygens (including phenoxy) is 1. The van der Waals surface area contributed by atoms with Gasteiger partial charge in [-0.15, -0.1) is 0 Å². The molecule has 25 heavy (non-hydrogen) atoms. The largest absolute Gasteiger partial charge is 0.384 e. The lowest BCUT2D eigenvalue weighted by Gasteiger charge is -2.51. The molecular weight excluding hydrogens is 326 g/mol. The quantitative estimate of drug-likeness (QED) is 0.836. The number of piperidine rings is 3. The summed E-state index contributed by atoms with van der Waals surface area (Å²) in [7, 11) is 1.58.